The Balaban J connectivity index is 2.39. The maximum absolute atomic E-state index is 11.7. The van der Waals surface area contributed by atoms with Crippen molar-refractivity contribution >= 4 is 5.91 Å². The molecule has 1 amide bonds. The van der Waals surface area contributed by atoms with Crippen molar-refractivity contribution in [1.29, 1.82) is 0 Å². The summed E-state index contributed by atoms with van der Waals surface area (Å²) in [5.41, 5.74) is 2.38. The zero-order valence-corrected chi connectivity index (χ0v) is 11.0. The molecule has 0 radical (unpaired) electrons. The predicted octanol–water partition coefficient (Wildman–Crippen LogP) is 1.05. The van der Waals surface area contributed by atoms with E-state index in [-0.39, 0.29) is 18.6 Å². The van der Waals surface area contributed by atoms with Crippen LogP contribution in [0.3, 0.4) is 0 Å². The van der Waals surface area contributed by atoms with E-state index in [4.69, 9.17) is 9.84 Å². The molecule has 1 aromatic rings. The molecule has 0 saturated heterocycles. The second kappa shape index (κ2) is 7.84. The molecule has 1 rings (SSSR count). The third-order valence-corrected chi connectivity index (χ3v) is 2.84. The molecule has 0 heterocycles. The number of benzene rings is 1. The highest BCUT2D eigenvalue weighted by Crippen LogP contribution is 2.09. The highest BCUT2D eigenvalue weighted by molar-refractivity contribution is 5.76. The Hall–Kier alpha value is -1.39. The zero-order valence-electron chi connectivity index (χ0n) is 11.0. The number of amides is 1. The maximum Gasteiger partial charge on any atom is 0.220 e. The predicted molar refractivity (Wildman–Crippen MR) is 70.4 cm³/mol. The minimum absolute atomic E-state index is 0.0608. The number of rotatable bonds is 7. The van der Waals surface area contributed by atoms with Gasteiger partial charge in [0.25, 0.3) is 0 Å². The van der Waals surface area contributed by atoms with Gasteiger partial charge in [-0.25, -0.2) is 0 Å². The summed E-state index contributed by atoms with van der Waals surface area (Å²) in [6.07, 6.45) is 1.13. The first-order valence-corrected chi connectivity index (χ1v) is 6.11. The summed E-state index contributed by atoms with van der Waals surface area (Å²) in [7, 11) is 1.54. The van der Waals surface area contributed by atoms with E-state index in [0.29, 0.717) is 19.4 Å². The van der Waals surface area contributed by atoms with Crippen LogP contribution in [0.1, 0.15) is 17.5 Å². The molecule has 0 spiro atoms. The highest BCUT2D eigenvalue weighted by atomic mass is 16.5. The Morgan fingerprint density at radius 1 is 1.44 bits per heavy atom. The molecule has 2 N–H and O–H groups in total. The number of hydrogen-bond acceptors (Lipinski definition) is 3. The lowest BCUT2D eigenvalue weighted by atomic mass is 10.0. The standard InChI is InChI=1S/C14H21NO3/c1-11-5-3-4-6-12(11)7-8-14(17)15-13(9-16)10-18-2/h3-6,13,16H,7-10H2,1-2H3,(H,15,17). The molecule has 1 aromatic carbocycles. The SMILES string of the molecule is COCC(CO)NC(=O)CCc1ccccc1C. The molecule has 4 heteroatoms. The molecule has 0 aliphatic heterocycles. The number of aliphatic hydroxyl groups is 1. The van der Waals surface area contributed by atoms with Crippen molar-refractivity contribution in [2.45, 2.75) is 25.8 Å². The quantitative estimate of drug-likeness (QED) is 0.761. The minimum Gasteiger partial charge on any atom is -0.394 e. The average molecular weight is 251 g/mol. The first-order valence-electron chi connectivity index (χ1n) is 6.11. The van der Waals surface area contributed by atoms with Gasteiger partial charge in [0, 0.05) is 13.5 Å². The second-order valence-corrected chi connectivity index (χ2v) is 4.33. The molecule has 0 saturated carbocycles. The monoisotopic (exact) mass is 251 g/mol. The summed E-state index contributed by atoms with van der Waals surface area (Å²) in [6, 6.07) is 7.70. The molecular weight excluding hydrogens is 230 g/mol. The molecule has 0 aliphatic rings. The second-order valence-electron chi connectivity index (χ2n) is 4.33. The van der Waals surface area contributed by atoms with Gasteiger partial charge in [-0.05, 0) is 24.5 Å². The fourth-order valence-electron chi connectivity index (χ4n) is 1.78. The van der Waals surface area contributed by atoms with E-state index in [0.717, 1.165) is 0 Å². The van der Waals surface area contributed by atoms with E-state index in [1.807, 2.05) is 31.2 Å². The molecule has 0 bridgehead atoms. The van der Waals surface area contributed by atoms with Crippen LogP contribution in [0, 0.1) is 6.92 Å². The zero-order chi connectivity index (χ0) is 13.4. The van der Waals surface area contributed by atoms with Gasteiger partial charge in [-0.2, -0.15) is 0 Å². The van der Waals surface area contributed by atoms with E-state index in [1.165, 1.54) is 11.1 Å². The lowest BCUT2D eigenvalue weighted by Gasteiger charge is -2.15. The van der Waals surface area contributed by atoms with Gasteiger partial charge in [-0.3, -0.25) is 4.79 Å². The van der Waals surface area contributed by atoms with Gasteiger partial charge < -0.3 is 15.2 Å². The Kier molecular flexibility index (Phi) is 6.39. The maximum atomic E-state index is 11.7. The van der Waals surface area contributed by atoms with Crippen LogP contribution in [0.4, 0.5) is 0 Å². The van der Waals surface area contributed by atoms with E-state index in [9.17, 15) is 4.79 Å². The smallest absolute Gasteiger partial charge is 0.220 e. The first kappa shape index (κ1) is 14.7. The number of hydrogen-bond donors (Lipinski definition) is 2. The fraction of sp³-hybridized carbons (Fsp3) is 0.500. The Morgan fingerprint density at radius 2 is 2.17 bits per heavy atom. The largest absolute Gasteiger partial charge is 0.394 e. The van der Waals surface area contributed by atoms with Crippen LogP contribution >= 0.6 is 0 Å². The summed E-state index contributed by atoms with van der Waals surface area (Å²) < 4.78 is 4.90. The average Bonchev–Trinajstić information content (AvgIpc) is 2.37. The summed E-state index contributed by atoms with van der Waals surface area (Å²) >= 11 is 0. The highest BCUT2D eigenvalue weighted by Gasteiger charge is 2.11. The van der Waals surface area contributed by atoms with Gasteiger partial charge >= 0.3 is 0 Å². The molecular formula is C14H21NO3. The molecule has 1 unspecified atom stereocenters. The topological polar surface area (TPSA) is 58.6 Å². The van der Waals surface area contributed by atoms with E-state index in [2.05, 4.69) is 5.32 Å². The van der Waals surface area contributed by atoms with Crippen molar-refractivity contribution in [1.82, 2.24) is 5.32 Å². The van der Waals surface area contributed by atoms with E-state index in [1.54, 1.807) is 7.11 Å². The normalized spacial score (nSPS) is 12.2. The molecule has 18 heavy (non-hydrogen) atoms. The van der Waals surface area contributed by atoms with Crippen LogP contribution in [0.25, 0.3) is 0 Å². The van der Waals surface area contributed by atoms with Gasteiger partial charge in [-0.1, -0.05) is 24.3 Å². The van der Waals surface area contributed by atoms with Crippen LogP contribution in [0.5, 0.6) is 0 Å². The Bertz CT molecular complexity index is 379. The number of aliphatic hydroxyl groups excluding tert-OH is 1. The Labute approximate surface area is 108 Å². The van der Waals surface area contributed by atoms with Crippen LogP contribution in [0.15, 0.2) is 24.3 Å². The third-order valence-electron chi connectivity index (χ3n) is 2.84. The summed E-state index contributed by atoms with van der Waals surface area (Å²) in [5, 5.41) is 11.8. The van der Waals surface area contributed by atoms with Gasteiger partial charge in [0.2, 0.25) is 5.91 Å². The van der Waals surface area contributed by atoms with Crippen LogP contribution < -0.4 is 5.32 Å². The number of aryl methyl sites for hydroxylation is 2. The molecule has 4 nitrogen and oxygen atoms in total. The van der Waals surface area contributed by atoms with E-state index >= 15 is 0 Å². The van der Waals surface area contributed by atoms with E-state index < -0.39 is 0 Å². The van der Waals surface area contributed by atoms with Gasteiger partial charge in [0.05, 0.1) is 19.3 Å². The lowest BCUT2D eigenvalue weighted by molar-refractivity contribution is -0.122. The van der Waals surface area contributed by atoms with Crippen LogP contribution in [-0.2, 0) is 16.0 Å². The summed E-state index contributed by atoms with van der Waals surface area (Å²) in [5.74, 6) is -0.0608. The molecule has 0 aromatic heterocycles. The number of carbonyl (C=O) groups is 1. The fourth-order valence-corrected chi connectivity index (χ4v) is 1.78. The van der Waals surface area contributed by atoms with Crippen molar-refractivity contribution in [2.75, 3.05) is 20.3 Å². The first-order chi connectivity index (χ1) is 8.67. The lowest BCUT2D eigenvalue weighted by Crippen LogP contribution is -2.40. The molecule has 1 atom stereocenters. The third kappa shape index (κ3) is 4.85. The number of nitrogens with one attached hydrogen (secondary N) is 1. The van der Waals surface area contributed by atoms with Gasteiger partial charge in [0.15, 0.2) is 0 Å². The minimum atomic E-state index is -0.320. The van der Waals surface area contributed by atoms with Crippen LogP contribution in [-0.4, -0.2) is 37.4 Å². The molecule has 100 valence electrons. The number of methoxy groups -OCH3 is 1. The van der Waals surface area contributed by atoms with Gasteiger partial charge in [0.1, 0.15) is 0 Å². The van der Waals surface area contributed by atoms with Crippen molar-refractivity contribution in [3.8, 4) is 0 Å². The summed E-state index contributed by atoms with van der Waals surface area (Å²) in [6.45, 7) is 2.26. The Morgan fingerprint density at radius 3 is 2.78 bits per heavy atom. The van der Waals surface area contributed by atoms with Crippen LogP contribution in [0.2, 0.25) is 0 Å². The van der Waals surface area contributed by atoms with Gasteiger partial charge in [-0.15, -0.1) is 0 Å². The molecule has 0 fully saturated rings. The van der Waals surface area contributed by atoms with Crippen molar-refractivity contribution in [3.05, 3.63) is 35.4 Å². The summed E-state index contributed by atoms with van der Waals surface area (Å²) in [4.78, 5) is 11.7. The number of carbonyl (C=O) groups excluding carboxylic acids is 1. The van der Waals surface area contributed by atoms with Crippen molar-refractivity contribution < 1.29 is 14.6 Å². The van der Waals surface area contributed by atoms with Crippen molar-refractivity contribution in [3.63, 3.8) is 0 Å². The van der Waals surface area contributed by atoms with Crippen molar-refractivity contribution in [2.24, 2.45) is 0 Å². The number of ether oxygens (including phenoxy) is 1. The molecule has 0 aliphatic carbocycles.